The van der Waals surface area contributed by atoms with E-state index in [-0.39, 0.29) is 0 Å². The van der Waals surface area contributed by atoms with E-state index in [9.17, 15) is 0 Å². The first-order chi connectivity index (χ1) is 7.61. The average Bonchev–Trinajstić information content (AvgIpc) is 2.63. The smallest absolute Gasteiger partial charge is 0.0703 e. The highest BCUT2D eigenvalue weighted by molar-refractivity contribution is 7.80. The molecule has 1 aliphatic carbocycles. The molecule has 1 unspecified atom stereocenters. The van der Waals surface area contributed by atoms with E-state index < -0.39 is 0 Å². The minimum absolute atomic E-state index is 0.587. The summed E-state index contributed by atoms with van der Waals surface area (Å²) in [7, 11) is 0. The second-order valence-corrected chi connectivity index (χ2v) is 5.48. The molecule has 1 aromatic rings. The fraction of sp³-hybridized carbons (Fsp3) is 0.500. The summed E-state index contributed by atoms with van der Waals surface area (Å²) in [6.07, 6.45) is 3.73. The normalized spacial score (nSPS) is 22.0. The first-order valence-electron chi connectivity index (χ1n) is 6.01. The second-order valence-electron chi connectivity index (χ2n) is 5.04. The molecule has 1 atom stereocenters. The number of thiol groups is 1. The zero-order valence-electron chi connectivity index (χ0n) is 10.1. The maximum Gasteiger partial charge on any atom is 0.0703 e. The van der Waals surface area contributed by atoms with E-state index in [0.717, 1.165) is 0 Å². The van der Waals surface area contributed by atoms with Crippen LogP contribution < -0.4 is 0 Å². The van der Waals surface area contributed by atoms with Crippen LogP contribution in [0.4, 0.5) is 5.69 Å². The van der Waals surface area contributed by atoms with Crippen molar-refractivity contribution >= 4 is 24.0 Å². The van der Waals surface area contributed by atoms with E-state index in [2.05, 4.69) is 20.8 Å². The number of aliphatic imine (C=N–C) groups is 1. The van der Waals surface area contributed by atoms with Crippen LogP contribution in [0, 0.1) is 13.8 Å². The number of hydrogen-bond acceptors (Lipinski definition) is 2. The highest BCUT2D eigenvalue weighted by Gasteiger charge is 2.32. The molecule has 84 valence electrons. The molecular weight excluding hydrogens is 214 g/mol. The molecule has 1 aliphatic heterocycles. The van der Waals surface area contributed by atoms with Crippen LogP contribution in [0.2, 0.25) is 0 Å². The van der Waals surface area contributed by atoms with Crippen LogP contribution in [0.25, 0.3) is 0 Å². The Morgan fingerprint density at radius 2 is 1.94 bits per heavy atom. The molecule has 0 bridgehead atoms. The van der Waals surface area contributed by atoms with Crippen molar-refractivity contribution in [3.05, 3.63) is 22.3 Å². The van der Waals surface area contributed by atoms with Crippen molar-refractivity contribution < 1.29 is 0 Å². The molecular formula is C14H17NS. The first-order valence-corrected chi connectivity index (χ1v) is 6.46. The summed E-state index contributed by atoms with van der Waals surface area (Å²) in [5.41, 5.74) is 8.17. The molecule has 0 saturated heterocycles. The Bertz CT molecular complexity index is 514. The van der Waals surface area contributed by atoms with Crippen LogP contribution in [-0.2, 0) is 6.42 Å². The molecule has 16 heavy (non-hydrogen) atoms. The van der Waals surface area contributed by atoms with E-state index >= 15 is 0 Å². The fourth-order valence-corrected chi connectivity index (χ4v) is 3.53. The molecule has 0 amide bonds. The monoisotopic (exact) mass is 231 g/mol. The first kappa shape index (κ1) is 10.4. The van der Waals surface area contributed by atoms with Gasteiger partial charge in [0, 0.05) is 16.5 Å². The summed E-state index contributed by atoms with van der Waals surface area (Å²) >= 11 is 4.71. The van der Waals surface area contributed by atoms with E-state index in [1.807, 2.05) is 0 Å². The van der Waals surface area contributed by atoms with Crippen LogP contribution in [0.5, 0.6) is 0 Å². The minimum Gasteiger partial charge on any atom is -0.257 e. The zero-order chi connectivity index (χ0) is 11.4. The van der Waals surface area contributed by atoms with Gasteiger partial charge in [0.1, 0.15) is 0 Å². The van der Waals surface area contributed by atoms with E-state index in [0.29, 0.717) is 5.92 Å². The van der Waals surface area contributed by atoms with Gasteiger partial charge in [-0.2, -0.15) is 0 Å². The van der Waals surface area contributed by atoms with Crippen molar-refractivity contribution in [2.24, 2.45) is 4.99 Å². The lowest BCUT2D eigenvalue weighted by Crippen LogP contribution is -2.13. The number of benzene rings is 1. The third-order valence-electron chi connectivity index (χ3n) is 4.20. The van der Waals surface area contributed by atoms with Crippen molar-refractivity contribution in [1.82, 2.24) is 0 Å². The molecule has 2 aliphatic rings. The van der Waals surface area contributed by atoms with Crippen LogP contribution in [0.1, 0.15) is 47.9 Å². The van der Waals surface area contributed by atoms with Gasteiger partial charge in [-0.25, -0.2) is 0 Å². The largest absolute Gasteiger partial charge is 0.257 e. The van der Waals surface area contributed by atoms with Crippen molar-refractivity contribution in [1.29, 1.82) is 0 Å². The summed E-state index contributed by atoms with van der Waals surface area (Å²) in [4.78, 5) is 6.00. The van der Waals surface area contributed by atoms with E-state index in [4.69, 9.17) is 17.6 Å². The van der Waals surface area contributed by atoms with Crippen molar-refractivity contribution in [2.75, 3.05) is 0 Å². The predicted octanol–water partition coefficient (Wildman–Crippen LogP) is 4.12. The average molecular weight is 231 g/mol. The topological polar surface area (TPSA) is 12.4 Å². The lowest BCUT2D eigenvalue weighted by molar-refractivity contribution is 0.647. The molecule has 0 N–H and O–H groups in total. The van der Waals surface area contributed by atoms with Crippen molar-refractivity contribution in [2.45, 2.75) is 50.8 Å². The molecule has 3 rings (SSSR count). The molecule has 0 radical (unpaired) electrons. The minimum atomic E-state index is 0.587. The number of nitrogens with zero attached hydrogens (tertiary/aromatic N) is 1. The van der Waals surface area contributed by atoms with Crippen LogP contribution in [-0.4, -0.2) is 5.71 Å². The second kappa shape index (κ2) is 3.36. The van der Waals surface area contributed by atoms with Gasteiger partial charge in [0.2, 0.25) is 0 Å². The van der Waals surface area contributed by atoms with Gasteiger partial charge in [-0.05, 0) is 62.3 Å². The van der Waals surface area contributed by atoms with Gasteiger partial charge in [0.15, 0.2) is 0 Å². The highest BCUT2D eigenvalue weighted by Crippen LogP contribution is 2.48. The molecule has 0 saturated carbocycles. The van der Waals surface area contributed by atoms with Gasteiger partial charge < -0.3 is 0 Å². The Labute approximate surface area is 102 Å². The molecule has 0 fully saturated rings. The predicted molar refractivity (Wildman–Crippen MR) is 71.6 cm³/mol. The number of hydrogen-bond donors (Lipinski definition) is 1. The lowest BCUT2D eigenvalue weighted by atomic mass is 9.79. The SMILES string of the molecule is CC1=Nc2c(C)c(C)c(S)c3c2C1CCC3. The Hall–Kier alpha value is -0.760. The van der Waals surface area contributed by atoms with Gasteiger partial charge in [-0.1, -0.05) is 0 Å². The summed E-state index contributed by atoms with van der Waals surface area (Å²) in [5.74, 6) is 0.587. The van der Waals surface area contributed by atoms with Gasteiger partial charge in [0.25, 0.3) is 0 Å². The Balaban J connectivity index is 2.38. The molecule has 0 aromatic heterocycles. The fourth-order valence-electron chi connectivity index (χ4n) is 3.13. The molecule has 2 heteroatoms. The Morgan fingerprint density at radius 3 is 2.69 bits per heavy atom. The standard InChI is InChI=1S/C14H17NS/c1-7-8(2)14(16)11-6-4-5-10-9(3)15-13(7)12(10)11/h10,16H,4-6H2,1-3H3. The molecule has 1 aromatic carbocycles. The van der Waals surface area contributed by atoms with Crippen LogP contribution >= 0.6 is 12.6 Å². The van der Waals surface area contributed by atoms with Gasteiger partial charge in [-0.15, -0.1) is 12.6 Å². The Morgan fingerprint density at radius 1 is 1.19 bits per heavy atom. The molecule has 1 nitrogen and oxygen atoms in total. The van der Waals surface area contributed by atoms with Crippen LogP contribution in [0.15, 0.2) is 9.89 Å². The lowest BCUT2D eigenvalue weighted by Gasteiger charge is -2.25. The third-order valence-corrected chi connectivity index (χ3v) is 4.80. The summed E-state index contributed by atoms with van der Waals surface area (Å²) < 4.78 is 0. The van der Waals surface area contributed by atoms with Crippen molar-refractivity contribution in [3.63, 3.8) is 0 Å². The van der Waals surface area contributed by atoms with Gasteiger partial charge >= 0.3 is 0 Å². The third kappa shape index (κ3) is 1.17. The Kier molecular flexibility index (Phi) is 2.19. The maximum absolute atomic E-state index is 4.79. The van der Waals surface area contributed by atoms with E-state index in [1.165, 1.54) is 57.8 Å². The summed E-state index contributed by atoms with van der Waals surface area (Å²) in [6, 6.07) is 0. The van der Waals surface area contributed by atoms with Gasteiger partial charge in [0.05, 0.1) is 5.69 Å². The maximum atomic E-state index is 4.79. The molecule has 1 heterocycles. The summed E-state index contributed by atoms with van der Waals surface area (Å²) in [6.45, 7) is 6.52. The quantitative estimate of drug-likeness (QED) is 0.645. The van der Waals surface area contributed by atoms with Gasteiger partial charge in [-0.3, -0.25) is 4.99 Å². The highest BCUT2D eigenvalue weighted by atomic mass is 32.1. The zero-order valence-corrected chi connectivity index (χ0v) is 11.0. The number of rotatable bonds is 0. The summed E-state index contributed by atoms with van der Waals surface area (Å²) in [5, 5.41) is 0. The molecule has 0 spiro atoms. The van der Waals surface area contributed by atoms with Crippen molar-refractivity contribution in [3.8, 4) is 0 Å². The van der Waals surface area contributed by atoms with Crippen LogP contribution in [0.3, 0.4) is 0 Å². The van der Waals surface area contributed by atoms with E-state index in [1.54, 1.807) is 0 Å².